The fourth-order valence-corrected chi connectivity index (χ4v) is 2.90. The van der Waals surface area contributed by atoms with Crippen LogP contribution in [-0.2, 0) is 0 Å². The van der Waals surface area contributed by atoms with Gasteiger partial charge in [-0.25, -0.2) is 4.98 Å². The van der Waals surface area contributed by atoms with Crippen LogP contribution in [0, 0.1) is 0 Å². The summed E-state index contributed by atoms with van der Waals surface area (Å²) in [5, 5.41) is 0.655. The standard InChI is InChI=1S/C12H13N3OS/c16-11-9-3-1-2-4-10(9)13-12(14-11)15-5-7-17-8-6-15/h1-4H,5-8H2,(H,13,14,16). The van der Waals surface area contributed by atoms with E-state index in [1.54, 1.807) is 6.07 Å². The van der Waals surface area contributed by atoms with Gasteiger partial charge in [0.05, 0.1) is 10.9 Å². The van der Waals surface area contributed by atoms with E-state index in [1.165, 1.54) is 0 Å². The highest BCUT2D eigenvalue weighted by atomic mass is 32.2. The Morgan fingerprint density at radius 3 is 2.82 bits per heavy atom. The van der Waals surface area contributed by atoms with Gasteiger partial charge in [0, 0.05) is 24.6 Å². The van der Waals surface area contributed by atoms with Crippen molar-refractivity contribution in [2.75, 3.05) is 29.5 Å². The molecule has 1 saturated heterocycles. The maximum atomic E-state index is 11.9. The minimum Gasteiger partial charge on any atom is -0.341 e. The van der Waals surface area contributed by atoms with Gasteiger partial charge in [-0.05, 0) is 12.1 Å². The number of aromatic amines is 1. The molecule has 4 nitrogen and oxygen atoms in total. The molecule has 0 saturated carbocycles. The molecular weight excluding hydrogens is 234 g/mol. The second kappa shape index (κ2) is 4.41. The quantitative estimate of drug-likeness (QED) is 0.829. The Kier molecular flexibility index (Phi) is 2.76. The molecule has 0 bridgehead atoms. The molecule has 0 amide bonds. The van der Waals surface area contributed by atoms with Gasteiger partial charge in [-0.1, -0.05) is 12.1 Å². The average molecular weight is 247 g/mol. The summed E-state index contributed by atoms with van der Waals surface area (Å²) in [6.07, 6.45) is 0. The molecule has 1 fully saturated rings. The van der Waals surface area contributed by atoms with Crippen molar-refractivity contribution < 1.29 is 0 Å². The van der Waals surface area contributed by atoms with Crippen LogP contribution in [0.15, 0.2) is 29.1 Å². The van der Waals surface area contributed by atoms with E-state index in [9.17, 15) is 4.79 Å². The third kappa shape index (κ3) is 2.02. The van der Waals surface area contributed by atoms with Gasteiger partial charge < -0.3 is 4.90 Å². The lowest BCUT2D eigenvalue weighted by atomic mass is 10.2. The van der Waals surface area contributed by atoms with E-state index < -0.39 is 0 Å². The minimum absolute atomic E-state index is 0.0520. The van der Waals surface area contributed by atoms with Gasteiger partial charge in [0.2, 0.25) is 5.95 Å². The SMILES string of the molecule is O=c1[nH]c(N2CCSCC2)nc2ccccc12. The zero-order chi connectivity index (χ0) is 11.7. The van der Waals surface area contributed by atoms with Crippen molar-refractivity contribution in [2.45, 2.75) is 0 Å². The van der Waals surface area contributed by atoms with Crippen molar-refractivity contribution in [3.63, 3.8) is 0 Å². The molecule has 1 aliphatic heterocycles. The maximum absolute atomic E-state index is 11.9. The van der Waals surface area contributed by atoms with E-state index >= 15 is 0 Å². The molecule has 0 aliphatic carbocycles. The first kappa shape index (κ1) is 10.7. The number of fused-ring (bicyclic) bond motifs is 1. The predicted octanol–water partition coefficient (Wildman–Crippen LogP) is 1.48. The van der Waals surface area contributed by atoms with Crippen molar-refractivity contribution in [2.24, 2.45) is 0 Å². The van der Waals surface area contributed by atoms with Crippen LogP contribution in [-0.4, -0.2) is 34.6 Å². The number of aromatic nitrogens is 2. The summed E-state index contributed by atoms with van der Waals surface area (Å²) < 4.78 is 0. The second-order valence-electron chi connectivity index (χ2n) is 4.01. The summed E-state index contributed by atoms with van der Waals surface area (Å²) in [5.41, 5.74) is 0.716. The second-order valence-corrected chi connectivity index (χ2v) is 5.23. The molecule has 5 heteroatoms. The smallest absolute Gasteiger partial charge is 0.260 e. The lowest BCUT2D eigenvalue weighted by Crippen LogP contribution is -2.35. The van der Waals surface area contributed by atoms with Crippen LogP contribution in [0.2, 0.25) is 0 Å². The zero-order valence-electron chi connectivity index (χ0n) is 9.35. The summed E-state index contributed by atoms with van der Waals surface area (Å²) in [7, 11) is 0. The van der Waals surface area contributed by atoms with E-state index in [4.69, 9.17) is 0 Å². The zero-order valence-corrected chi connectivity index (χ0v) is 10.2. The first-order valence-corrected chi connectivity index (χ1v) is 6.82. The fraction of sp³-hybridized carbons (Fsp3) is 0.333. The summed E-state index contributed by atoms with van der Waals surface area (Å²) in [6, 6.07) is 7.45. The van der Waals surface area contributed by atoms with Crippen LogP contribution in [0.4, 0.5) is 5.95 Å². The maximum Gasteiger partial charge on any atom is 0.260 e. The predicted molar refractivity (Wildman–Crippen MR) is 71.9 cm³/mol. The largest absolute Gasteiger partial charge is 0.341 e. The first-order valence-electron chi connectivity index (χ1n) is 5.66. The van der Waals surface area contributed by atoms with Gasteiger partial charge in [0.25, 0.3) is 5.56 Å². The molecule has 0 spiro atoms. The highest BCUT2D eigenvalue weighted by Gasteiger charge is 2.14. The van der Waals surface area contributed by atoms with Crippen molar-refractivity contribution >= 4 is 28.6 Å². The summed E-state index contributed by atoms with van der Waals surface area (Å²) in [6.45, 7) is 1.90. The van der Waals surface area contributed by atoms with Crippen LogP contribution in [0.3, 0.4) is 0 Å². The van der Waals surface area contributed by atoms with Gasteiger partial charge in [-0.2, -0.15) is 11.8 Å². The number of nitrogens with zero attached hydrogens (tertiary/aromatic N) is 2. The molecular formula is C12H13N3OS. The normalized spacial score (nSPS) is 16.4. The van der Waals surface area contributed by atoms with Gasteiger partial charge >= 0.3 is 0 Å². The number of hydrogen-bond acceptors (Lipinski definition) is 4. The van der Waals surface area contributed by atoms with E-state index in [-0.39, 0.29) is 5.56 Å². The van der Waals surface area contributed by atoms with Crippen molar-refractivity contribution in [3.05, 3.63) is 34.6 Å². The minimum atomic E-state index is -0.0520. The third-order valence-electron chi connectivity index (χ3n) is 2.91. The molecule has 2 heterocycles. The van der Waals surface area contributed by atoms with Crippen molar-refractivity contribution in [1.29, 1.82) is 0 Å². The number of H-pyrrole nitrogens is 1. The molecule has 1 N–H and O–H groups in total. The monoisotopic (exact) mass is 247 g/mol. The highest BCUT2D eigenvalue weighted by Crippen LogP contribution is 2.16. The molecule has 1 aromatic carbocycles. The Hall–Kier alpha value is -1.49. The lowest BCUT2D eigenvalue weighted by Gasteiger charge is -2.26. The lowest BCUT2D eigenvalue weighted by molar-refractivity contribution is 0.816. The molecule has 3 rings (SSSR count). The molecule has 0 radical (unpaired) electrons. The number of para-hydroxylation sites is 1. The Labute approximate surface area is 103 Å². The molecule has 0 unspecified atom stereocenters. The van der Waals surface area contributed by atoms with Crippen molar-refractivity contribution in [3.8, 4) is 0 Å². The van der Waals surface area contributed by atoms with E-state index in [0.717, 1.165) is 30.1 Å². The number of rotatable bonds is 1. The van der Waals surface area contributed by atoms with Crippen LogP contribution in [0.5, 0.6) is 0 Å². The molecule has 2 aromatic rings. The number of nitrogens with one attached hydrogen (secondary N) is 1. The average Bonchev–Trinajstić information content (AvgIpc) is 2.40. The Bertz CT molecular complexity index is 590. The van der Waals surface area contributed by atoms with Crippen molar-refractivity contribution in [1.82, 2.24) is 9.97 Å². The molecule has 17 heavy (non-hydrogen) atoms. The van der Waals surface area contributed by atoms with Gasteiger partial charge in [-0.15, -0.1) is 0 Å². The van der Waals surface area contributed by atoms with Gasteiger partial charge in [0.1, 0.15) is 0 Å². The Morgan fingerprint density at radius 1 is 1.24 bits per heavy atom. The van der Waals surface area contributed by atoms with E-state index in [2.05, 4.69) is 14.9 Å². The highest BCUT2D eigenvalue weighted by molar-refractivity contribution is 7.99. The topological polar surface area (TPSA) is 49.0 Å². The van der Waals surface area contributed by atoms with Gasteiger partial charge in [0.15, 0.2) is 0 Å². The number of benzene rings is 1. The number of anilines is 1. The van der Waals surface area contributed by atoms with Crippen LogP contribution < -0.4 is 10.5 Å². The van der Waals surface area contributed by atoms with Crippen LogP contribution >= 0.6 is 11.8 Å². The van der Waals surface area contributed by atoms with Crippen LogP contribution in [0.25, 0.3) is 10.9 Å². The van der Waals surface area contributed by atoms with Crippen LogP contribution in [0.1, 0.15) is 0 Å². The fourth-order valence-electron chi connectivity index (χ4n) is 2.00. The number of hydrogen-bond donors (Lipinski definition) is 1. The Balaban J connectivity index is 2.08. The molecule has 1 aliphatic rings. The summed E-state index contributed by atoms with van der Waals surface area (Å²) in [5.74, 6) is 2.89. The molecule has 1 aromatic heterocycles. The molecule has 88 valence electrons. The number of thioether (sulfide) groups is 1. The van der Waals surface area contributed by atoms with E-state index in [1.807, 2.05) is 30.0 Å². The van der Waals surface area contributed by atoms with E-state index in [0.29, 0.717) is 11.3 Å². The molecule has 0 atom stereocenters. The summed E-state index contributed by atoms with van der Waals surface area (Å²) in [4.78, 5) is 21.4. The first-order chi connectivity index (χ1) is 8.34. The Morgan fingerprint density at radius 2 is 2.00 bits per heavy atom. The summed E-state index contributed by atoms with van der Waals surface area (Å²) >= 11 is 1.94. The van der Waals surface area contributed by atoms with Gasteiger partial charge in [-0.3, -0.25) is 9.78 Å². The third-order valence-corrected chi connectivity index (χ3v) is 3.85.